The van der Waals surface area contributed by atoms with E-state index >= 15 is 0 Å². The van der Waals surface area contributed by atoms with Crippen LogP contribution in [0.15, 0.2) is 0 Å². The first-order chi connectivity index (χ1) is 6.65. The molecule has 0 fully saturated rings. The minimum atomic E-state index is -0.195. The van der Waals surface area contributed by atoms with Gasteiger partial charge in [0.1, 0.15) is 0 Å². The van der Waals surface area contributed by atoms with E-state index in [1.807, 2.05) is 0 Å². The van der Waals surface area contributed by atoms with E-state index in [0.29, 0.717) is 6.04 Å². The van der Waals surface area contributed by atoms with Crippen LogP contribution in [-0.2, 0) is 4.74 Å². The van der Waals surface area contributed by atoms with Crippen LogP contribution in [0.4, 0.5) is 0 Å². The van der Waals surface area contributed by atoms with E-state index in [-0.39, 0.29) is 6.10 Å². The Balaban J connectivity index is 3.87. The Morgan fingerprint density at radius 2 is 2.00 bits per heavy atom. The lowest BCUT2D eigenvalue weighted by Crippen LogP contribution is -2.41. The van der Waals surface area contributed by atoms with E-state index in [2.05, 4.69) is 25.7 Å². The number of aliphatic hydroxyl groups is 1. The van der Waals surface area contributed by atoms with Crippen LogP contribution in [0, 0.1) is 0 Å². The molecule has 0 aliphatic rings. The fourth-order valence-corrected chi connectivity index (χ4v) is 1.66. The molecule has 0 rings (SSSR count). The first-order valence-electron chi connectivity index (χ1n) is 5.56. The highest BCUT2D eigenvalue weighted by Crippen LogP contribution is 2.04. The smallest absolute Gasteiger partial charge is 0.0667 e. The molecule has 0 aliphatic heterocycles. The standard InChI is InChI=1S/C11H25NO2/c1-5-7-11(13)8-12(6-2)10(3)9-14-4/h10-11,13H,5-9H2,1-4H3. The topological polar surface area (TPSA) is 32.7 Å². The monoisotopic (exact) mass is 203 g/mol. The molecule has 0 aromatic heterocycles. The van der Waals surface area contributed by atoms with Gasteiger partial charge in [0.25, 0.3) is 0 Å². The third-order valence-electron chi connectivity index (χ3n) is 2.50. The van der Waals surface area contributed by atoms with Crippen molar-refractivity contribution in [2.24, 2.45) is 0 Å². The molecule has 0 spiro atoms. The maximum atomic E-state index is 9.69. The van der Waals surface area contributed by atoms with Crippen molar-refractivity contribution < 1.29 is 9.84 Å². The van der Waals surface area contributed by atoms with Crippen LogP contribution in [-0.4, -0.2) is 49.0 Å². The summed E-state index contributed by atoms with van der Waals surface area (Å²) in [6.07, 6.45) is 1.73. The van der Waals surface area contributed by atoms with Gasteiger partial charge in [-0.15, -0.1) is 0 Å². The molecule has 0 bridgehead atoms. The third kappa shape index (κ3) is 5.58. The summed E-state index contributed by atoms with van der Waals surface area (Å²) in [5.41, 5.74) is 0. The van der Waals surface area contributed by atoms with Crippen LogP contribution in [0.25, 0.3) is 0 Å². The Morgan fingerprint density at radius 3 is 2.43 bits per heavy atom. The zero-order valence-corrected chi connectivity index (χ0v) is 9.99. The Kier molecular flexibility index (Phi) is 8.14. The highest BCUT2D eigenvalue weighted by molar-refractivity contribution is 4.69. The number of aliphatic hydroxyl groups excluding tert-OH is 1. The number of ether oxygens (including phenoxy) is 1. The molecule has 1 N–H and O–H groups in total. The molecule has 0 aliphatic carbocycles. The molecule has 14 heavy (non-hydrogen) atoms. The molecule has 3 heteroatoms. The first-order valence-corrected chi connectivity index (χ1v) is 5.56. The summed E-state index contributed by atoms with van der Waals surface area (Å²) in [6.45, 7) is 8.79. The minimum Gasteiger partial charge on any atom is -0.392 e. The van der Waals surface area contributed by atoms with Gasteiger partial charge in [0, 0.05) is 19.7 Å². The summed E-state index contributed by atoms with van der Waals surface area (Å²) in [5.74, 6) is 0. The number of nitrogens with zero attached hydrogens (tertiary/aromatic N) is 1. The zero-order valence-electron chi connectivity index (χ0n) is 9.99. The van der Waals surface area contributed by atoms with Crippen molar-refractivity contribution in [3.63, 3.8) is 0 Å². The number of rotatable bonds is 8. The molecule has 0 aromatic carbocycles. The molecule has 0 radical (unpaired) electrons. The Hall–Kier alpha value is -0.120. The van der Waals surface area contributed by atoms with Crippen LogP contribution in [0.3, 0.4) is 0 Å². The average molecular weight is 203 g/mol. The van der Waals surface area contributed by atoms with Crippen molar-refractivity contribution in [1.29, 1.82) is 0 Å². The van der Waals surface area contributed by atoms with Crippen molar-refractivity contribution in [2.75, 3.05) is 26.8 Å². The van der Waals surface area contributed by atoms with E-state index in [4.69, 9.17) is 4.74 Å². The van der Waals surface area contributed by atoms with Gasteiger partial charge in [-0.1, -0.05) is 20.3 Å². The summed E-state index contributed by atoms with van der Waals surface area (Å²) in [4.78, 5) is 2.25. The lowest BCUT2D eigenvalue weighted by atomic mass is 10.2. The lowest BCUT2D eigenvalue weighted by Gasteiger charge is -2.29. The highest BCUT2D eigenvalue weighted by Gasteiger charge is 2.15. The molecule has 0 aromatic rings. The second-order valence-electron chi connectivity index (χ2n) is 3.83. The predicted octanol–water partition coefficient (Wildman–Crippen LogP) is 1.50. The summed E-state index contributed by atoms with van der Waals surface area (Å²) < 4.78 is 5.10. The van der Waals surface area contributed by atoms with E-state index in [1.54, 1.807) is 7.11 Å². The van der Waals surface area contributed by atoms with E-state index in [0.717, 1.165) is 32.5 Å². The molecule has 0 saturated heterocycles. The summed E-state index contributed by atoms with van der Waals surface area (Å²) in [7, 11) is 1.72. The van der Waals surface area contributed by atoms with Crippen LogP contribution < -0.4 is 0 Å². The Morgan fingerprint density at radius 1 is 1.36 bits per heavy atom. The second kappa shape index (κ2) is 8.21. The fraction of sp³-hybridized carbons (Fsp3) is 1.00. The number of methoxy groups -OCH3 is 1. The summed E-state index contributed by atoms with van der Waals surface area (Å²) >= 11 is 0. The van der Waals surface area contributed by atoms with Crippen molar-refractivity contribution in [3.05, 3.63) is 0 Å². The van der Waals surface area contributed by atoms with Crippen LogP contribution in [0.2, 0.25) is 0 Å². The molecule has 86 valence electrons. The molecule has 0 heterocycles. The van der Waals surface area contributed by atoms with E-state index in [9.17, 15) is 5.11 Å². The van der Waals surface area contributed by atoms with E-state index in [1.165, 1.54) is 0 Å². The predicted molar refractivity (Wildman–Crippen MR) is 59.5 cm³/mol. The largest absolute Gasteiger partial charge is 0.392 e. The Labute approximate surface area is 88.1 Å². The number of hydrogen-bond donors (Lipinski definition) is 1. The van der Waals surface area contributed by atoms with Crippen LogP contribution in [0.5, 0.6) is 0 Å². The van der Waals surface area contributed by atoms with Gasteiger partial charge in [-0.05, 0) is 19.9 Å². The van der Waals surface area contributed by atoms with Crippen LogP contribution >= 0.6 is 0 Å². The first kappa shape index (κ1) is 13.9. The van der Waals surface area contributed by atoms with Gasteiger partial charge < -0.3 is 9.84 Å². The van der Waals surface area contributed by atoms with Gasteiger partial charge in [-0.25, -0.2) is 0 Å². The SMILES string of the molecule is CCCC(O)CN(CC)C(C)COC. The van der Waals surface area contributed by atoms with Gasteiger partial charge >= 0.3 is 0 Å². The molecule has 0 saturated carbocycles. The molecular weight excluding hydrogens is 178 g/mol. The van der Waals surface area contributed by atoms with Gasteiger partial charge in [-0.3, -0.25) is 4.90 Å². The number of likely N-dealkylation sites (N-methyl/N-ethyl adjacent to an activating group) is 1. The van der Waals surface area contributed by atoms with E-state index < -0.39 is 0 Å². The molecule has 3 nitrogen and oxygen atoms in total. The van der Waals surface area contributed by atoms with Gasteiger partial charge in [0.15, 0.2) is 0 Å². The molecule has 0 amide bonds. The Bertz CT molecular complexity index is 130. The lowest BCUT2D eigenvalue weighted by molar-refractivity contribution is 0.0550. The van der Waals surface area contributed by atoms with Crippen molar-refractivity contribution in [2.45, 2.75) is 45.8 Å². The molecular formula is C11H25NO2. The summed E-state index contributed by atoms with van der Waals surface area (Å²) in [6, 6.07) is 0.386. The molecule has 2 atom stereocenters. The van der Waals surface area contributed by atoms with Crippen molar-refractivity contribution >= 4 is 0 Å². The number of hydrogen-bond acceptors (Lipinski definition) is 3. The maximum Gasteiger partial charge on any atom is 0.0667 e. The van der Waals surface area contributed by atoms with Crippen LogP contribution in [0.1, 0.15) is 33.6 Å². The quantitative estimate of drug-likeness (QED) is 0.649. The second-order valence-corrected chi connectivity index (χ2v) is 3.83. The summed E-state index contributed by atoms with van der Waals surface area (Å²) in [5, 5.41) is 9.69. The van der Waals surface area contributed by atoms with Gasteiger partial charge in [0.2, 0.25) is 0 Å². The third-order valence-corrected chi connectivity index (χ3v) is 2.50. The zero-order chi connectivity index (χ0) is 11.0. The van der Waals surface area contributed by atoms with Gasteiger partial charge in [0.05, 0.1) is 12.7 Å². The average Bonchev–Trinajstić information content (AvgIpc) is 2.15. The minimum absolute atomic E-state index is 0.195. The highest BCUT2D eigenvalue weighted by atomic mass is 16.5. The molecule has 2 unspecified atom stereocenters. The van der Waals surface area contributed by atoms with Crippen molar-refractivity contribution in [3.8, 4) is 0 Å². The normalized spacial score (nSPS) is 15.9. The van der Waals surface area contributed by atoms with Crippen molar-refractivity contribution in [1.82, 2.24) is 4.90 Å². The van der Waals surface area contributed by atoms with Gasteiger partial charge in [-0.2, -0.15) is 0 Å². The fourth-order valence-electron chi connectivity index (χ4n) is 1.66. The maximum absolute atomic E-state index is 9.69.